The van der Waals surface area contributed by atoms with E-state index in [0.717, 1.165) is 40.6 Å². The fraction of sp³-hybridized carbons (Fsp3) is 0.400. The number of nitrogens with zero attached hydrogens (tertiary/aromatic N) is 1. The Bertz CT molecular complexity index is 559. The lowest BCUT2D eigenvalue weighted by Crippen LogP contribution is -2.06. The minimum Gasteiger partial charge on any atom is -0.493 e. The maximum atomic E-state index is 5.87. The Kier molecular flexibility index (Phi) is 4.63. The second-order valence-corrected chi connectivity index (χ2v) is 4.61. The topological polar surface area (TPSA) is 56.5 Å². The molecule has 0 saturated carbocycles. The minimum atomic E-state index is 0.417. The van der Waals surface area contributed by atoms with E-state index in [4.69, 9.17) is 14.0 Å². The zero-order valence-electron chi connectivity index (χ0n) is 12.3. The predicted molar refractivity (Wildman–Crippen MR) is 76.1 cm³/mol. The smallest absolute Gasteiger partial charge is 0.161 e. The molecule has 0 saturated heterocycles. The van der Waals surface area contributed by atoms with Crippen LogP contribution in [0.1, 0.15) is 22.6 Å². The highest BCUT2D eigenvalue weighted by Gasteiger charge is 2.12. The standard InChI is InChI=1S/C15H20N2O3/c1-10-13(11(2)20-17-10)9-19-15-7-12(8-16-3)5-6-14(15)18-4/h5-7,16H,8-9H2,1-4H3. The van der Waals surface area contributed by atoms with Crippen molar-refractivity contribution in [2.24, 2.45) is 0 Å². The van der Waals surface area contributed by atoms with Crippen LogP contribution in [-0.4, -0.2) is 19.3 Å². The molecule has 1 N–H and O–H groups in total. The van der Waals surface area contributed by atoms with Gasteiger partial charge in [-0.2, -0.15) is 0 Å². The van der Waals surface area contributed by atoms with E-state index < -0.39 is 0 Å². The fourth-order valence-electron chi connectivity index (χ4n) is 2.01. The molecule has 20 heavy (non-hydrogen) atoms. The van der Waals surface area contributed by atoms with Crippen LogP contribution in [0.2, 0.25) is 0 Å². The summed E-state index contributed by atoms with van der Waals surface area (Å²) in [4.78, 5) is 0. The zero-order chi connectivity index (χ0) is 14.5. The average molecular weight is 276 g/mol. The molecule has 108 valence electrons. The van der Waals surface area contributed by atoms with Crippen LogP contribution in [0.25, 0.3) is 0 Å². The Balaban J connectivity index is 2.17. The Morgan fingerprint density at radius 3 is 2.65 bits per heavy atom. The monoisotopic (exact) mass is 276 g/mol. The van der Waals surface area contributed by atoms with Gasteiger partial charge in [0.15, 0.2) is 11.5 Å². The first-order chi connectivity index (χ1) is 9.65. The third-order valence-electron chi connectivity index (χ3n) is 3.16. The van der Waals surface area contributed by atoms with Gasteiger partial charge in [0, 0.05) is 6.54 Å². The number of ether oxygens (including phenoxy) is 2. The number of nitrogens with one attached hydrogen (secondary N) is 1. The van der Waals surface area contributed by atoms with Gasteiger partial charge in [0.05, 0.1) is 18.4 Å². The van der Waals surface area contributed by atoms with Crippen LogP contribution in [0.15, 0.2) is 22.7 Å². The number of hydrogen-bond donors (Lipinski definition) is 1. The highest BCUT2D eigenvalue weighted by molar-refractivity contribution is 5.43. The average Bonchev–Trinajstić information content (AvgIpc) is 2.76. The molecule has 5 heteroatoms. The Morgan fingerprint density at radius 2 is 2.05 bits per heavy atom. The van der Waals surface area contributed by atoms with E-state index in [1.165, 1.54) is 0 Å². The molecule has 2 aromatic rings. The van der Waals surface area contributed by atoms with Crippen LogP contribution in [0.5, 0.6) is 11.5 Å². The summed E-state index contributed by atoms with van der Waals surface area (Å²) in [5, 5.41) is 7.04. The summed E-state index contributed by atoms with van der Waals surface area (Å²) >= 11 is 0. The fourth-order valence-corrected chi connectivity index (χ4v) is 2.01. The number of benzene rings is 1. The summed E-state index contributed by atoms with van der Waals surface area (Å²) in [6.45, 7) is 4.99. The van der Waals surface area contributed by atoms with Crippen LogP contribution < -0.4 is 14.8 Å². The number of aromatic nitrogens is 1. The number of methoxy groups -OCH3 is 1. The first-order valence-electron chi connectivity index (χ1n) is 6.51. The van der Waals surface area contributed by atoms with Gasteiger partial charge >= 0.3 is 0 Å². The molecule has 0 fully saturated rings. The van der Waals surface area contributed by atoms with Crippen molar-refractivity contribution in [1.82, 2.24) is 10.5 Å². The highest BCUT2D eigenvalue weighted by Crippen LogP contribution is 2.29. The molecular weight excluding hydrogens is 256 g/mol. The van der Waals surface area contributed by atoms with E-state index in [2.05, 4.69) is 10.5 Å². The third kappa shape index (κ3) is 3.11. The molecule has 0 bridgehead atoms. The number of hydrogen-bond acceptors (Lipinski definition) is 5. The van der Waals surface area contributed by atoms with Crippen molar-refractivity contribution < 1.29 is 14.0 Å². The van der Waals surface area contributed by atoms with Crippen molar-refractivity contribution in [1.29, 1.82) is 0 Å². The Hall–Kier alpha value is -2.01. The molecule has 0 aliphatic heterocycles. The van der Waals surface area contributed by atoms with Crippen molar-refractivity contribution in [3.8, 4) is 11.5 Å². The van der Waals surface area contributed by atoms with E-state index >= 15 is 0 Å². The van der Waals surface area contributed by atoms with Gasteiger partial charge in [0.1, 0.15) is 12.4 Å². The second-order valence-electron chi connectivity index (χ2n) is 4.61. The molecule has 1 aromatic carbocycles. The van der Waals surface area contributed by atoms with Gasteiger partial charge in [-0.05, 0) is 38.6 Å². The molecule has 0 radical (unpaired) electrons. The van der Waals surface area contributed by atoms with Crippen LogP contribution in [0, 0.1) is 13.8 Å². The maximum Gasteiger partial charge on any atom is 0.161 e. The molecule has 0 aliphatic carbocycles. The lowest BCUT2D eigenvalue weighted by molar-refractivity contribution is 0.281. The highest BCUT2D eigenvalue weighted by atomic mass is 16.5. The Morgan fingerprint density at radius 1 is 1.25 bits per heavy atom. The summed E-state index contributed by atoms with van der Waals surface area (Å²) in [6.07, 6.45) is 0. The van der Waals surface area contributed by atoms with Crippen molar-refractivity contribution in [2.45, 2.75) is 27.0 Å². The molecular formula is C15H20N2O3. The van der Waals surface area contributed by atoms with E-state index in [1.54, 1.807) is 7.11 Å². The number of rotatable bonds is 6. The largest absolute Gasteiger partial charge is 0.493 e. The van der Waals surface area contributed by atoms with Gasteiger partial charge in [-0.1, -0.05) is 11.2 Å². The van der Waals surface area contributed by atoms with E-state index in [1.807, 2.05) is 39.1 Å². The van der Waals surface area contributed by atoms with Crippen LogP contribution >= 0.6 is 0 Å². The molecule has 1 heterocycles. The molecule has 0 aliphatic rings. The summed E-state index contributed by atoms with van der Waals surface area (Å²) in [7, 11) is 3.55. The first kappa shape index (κ1) is 14.4. The van der Waals surface area contributed by atoms with Crippen LogP contribution in [-0.2, 0) is 13.2 Å². The van der Waals surface area contributed by atoms with Crippen molar-refractivity contribution in [2.75, 3.05) is 14.2 Å². The molecule has 5 nitrogen and oxygen atoms in total. The summed E-state index contributed by atoms with van der Waals surface area (Å²) in [5.41, 5.74) is 2.97. The number of aryl methyl sites for hydroxylation is 2. The molecule has 0 unspecified atom stereocenters. The molecule has 1 aromatic heterocycles. The third-order valence-corrected chi connectivity index (χ3v) is 3.16. The van der Waals surface area contributed by atoms with Gasteiger partial charge in [-0.3, -0.25) is 0 Å². The quantitative estimate of drug-likeness (QED) is 0.879. The zero-order valence-corrected chi connectivity index (χ0v) is 12.3. The minimum absolute atomic E-state index is 0.417. The normalized spacial score (nSPS) is 10.6. The van der Waals surface area contributed by atoms with E-state index in [9.17, 15) is 0 Å². The lowest BCUT2D eigenvalue weighted by atomic mass is 10.2. The summed E-state index contributed by atoms with van der Waals surface area (Å²) in [6, 6.07) is 5.90. The van der Waals surface area contributed by atoms with Gasteiger partial charge < -0.3 is 19.3 Å². The van der Waals surface area contributed by atoms with Crippen molar-refractivity contribution >= 4 is 0 Å². The summed E-state index contributed by atoms with van der Waals surface area (Å²) in [5.74, 6) is 2.23. The predicted octanol–water partition coefficient (Wildman–Crippen LogP) is 2.60. The first-order valence-corrected chi connectivity index (χ1v) is 6.51. The lowest BCUT2D eigenvalue weighted by Gasteiger charge is -2.12. The maximum absolute atomic E-state index is 5.87. The van der Waals surface area contributed by atoms with E-state index in [-0.39, 0.29) is 0 Å². The SMILES string of the molecule is CNCc1ccc(OC)c(OCc2c(C)noc2C)c1. The van der Waals surface area contributed by atoms with Gasteiger partial charge in [0.2, 0.25) is 0 Å². The van der Waals surface area contributed by atoms with Gasteiger partial charge in [0.25, 0.3) is 0 Å². The van der Waals surface area contributed by atoms with Crippen LogP contribution in [0.3, 0.4) is 0 Å². The van der Waals surface area contributed by atoms with Crippen LogP contribution in [0.4, 0.5) is 0 Å². The molecule has 0 atom stereocenters. The van der Waals surface area contributed by atoms with Crippen molar-refractivity contribution in [3.63, 3.8) is 0 Å². The summed E-state index contributed by atoms with van der Waals surface area (Å²) < 4.78 is 16.3. The van der Waals surface area contributed by atoms with Crippen molar-refractivity contribution in [3.05, 3.63) is 40.8 Å². The van der Waals surface area contributed by atoms with Gasteiger partial charge in [-0.15, -0.1) is 0 Å². The van der Waals surface area contributed by atoms with Gasteiger partial charge in [-0.25, -0.2) is 0 Å². The Labute approximate surface area is 118 Å². The van der Waals surface area contributed by atoms with E-state index in [0.29, 0.717) is 6.61 Å². The second kappa shape index (κ2) is 6.43. The molecule has 0 spiro atoms. The molecule has 2 rings (SSSR count). The molecule has 0 amide bonds.